The molecule has 96 valence electrons. The summed E-state index contributed by atoms with van der Waals surface area (Å²) in [6.45, 7) is 4.29. The molecule has 0 amide bonds. The first-order chi connectivity index (χ1) is 7.67. The molecule has 0 spiro atoms. The molecule has 8 nitrogen and oxygen atoms in total. The minimum Gasteiger partial charge on any atom is -0.463 e. The summed E-state index contributed by atoms with van der Waals surface area (Å²) in [6.07, 6.45) is 0.521. The van der Waals surface area contributed by atoms with E-state index in [9.17, 15) is 14.2 Å². The van der Waals surface area contributed by atoms with E-state index >= 15 is 0 Å². The molecule has 0 aromatic carbocycles. The fraction of sp³-hybridized carbons (Fsp3) is 0.250. The van der Waals surface area contributed by atoms with Crippen molar-refractivity contribution < 1.29 is 37.9 Å². The summed E-state index contributed by atoms with van der Waals surface area (Å²) < 4.78 is 22.9. The maximum absolute atomic E-state index is 11.2. The lowest BCUT2D eigenvalue weighted by Gasteiger charge is -2.06. The van der Waals surface area contributed by atoms with Gasteiger partial charge in [0.05, 0.1) is 12.7 Å². The van der Waals surface area contributed by atoms with Crippen LogP contribution in [-0.2, 0) is 28.2 Å². The molecule has 0 unspecified atom stereocenters. The largest absolute Gasteiger partial charge is 0.524 e. The summed E-state index contributed by atoms with van der Waals surface area (Å²) in [5.41, 5.74) is -0.265. The van der Waals surface area contributed by atoms with Crippen molar-refractivity contribution in [2.45, 2.75) is 6.92 Å². The lowest BCUT2D eigenvalue weighted by Crippen LogP contribution is -2.13. The van der Waals surface area contributed by atoms with Crippen LogP contribution in [0.15, 0.2) is 24.2 Å². The number of rotatable bonds is 5. The fourth-order valence-corrected chi connectivity index (χ4v) is 0.839. The Kier molecular flexibility index (Phi) is 5.60. The van der Waals surface area contributed by atoms with Crippen LogP contribution in [0.4, 0.5) is 0 Å². The predicted octanol–water partition coefficient (Wildman–Crippen LogP) is 0.229. The van der Waals surface area contributed by atoms with Crippen LogP contribution < -0.4 is 0 Å². The minimum atomic E-state index is -4.72. The average molecular weight is 266 g/mol. The normalized spacial score (nSPS) is 11.6. The lowest BCUT2D eigenvalue weighted by atomic mass is 10.3. The van der Waals surface area contributed by atoms with E-state index in [2.05, 4.69) is 20.6 Å². The number of esters is 2. The van der Waals surface area contributed by atoms with E-state index in [-0.39, 0.29) is 5.57 Å². The predicted molar refractivity (Wildman–Crippen MR) is 54.1 cm³/mol. The van der Waals surface area contributed by atoms with Gasteiger partial charge >= 0.3 is 19.8 Å². The van der Waals surface area contributed by atoms with Gasteiger partial charge in [-0.25, -0.2) is 14.2 Å². The van der Waals surface area contributed by atoms with Crippen LogP contribution in [-0.4, -0.2) is 28.8 Å². The third-order valence-electron chi connectivity index (χ3n) is 1.32. The van der Waals surface area contributed by atoms with Crippen molar-refractivity contribution in [2.75, 3.05) is 7.11 Å². The highest BCUT2D eigenvalue weighted by Crippen LogP contribution is 2.36. The standard InChI is InChI=1S/C8H11O8P/c1-5(4-15-17(11,12)13)7(9)16-6(2)8(10)14-3/h4H,2H2,1,3H3,(H2,11,12,13). The molecule has 0 aliphatic carbocycles. The minimum absolute atomic E-state index is 0.265. The van der Waals surface area contributed by atoms with Crippen LogP contribution in [0, 0.1) is 0 Å². The zero-order valence-electron chi connectivity index (χ0n) is 9.08. The molecule has 0 atom stereocenters. The lowest BCUT2D eigenvalue weighted by molar-refractivity contribution is -0.147. The van der Waals surface area contributed by atoms with E-state index in [0.29, 0.717) is 6.26 Å². The van der Waals surface area contributed by atoms with Crippen molar-refractivity contribution in [2.24, 2.45) is 0 Å². The van der Waals surface area contributed by atoms with Gasteiger partial charge in [0.25, 0.3) is 0 Å². The molecule has 2 N–H and O–H groups in total. The van der Waals surface area contributed by atoms with Gasteiger partial charge in [-0.1, -0.05) is 0 Å². The van der Waals surface area contributed by atoms with Crippen molar-refractivity contribution in [3.63, 3.8) is 0 Å². The van der Waals surface area contributed by atoms with Crippen LogP contribution in [0.3, 0.4) is 0 Å². The Labute approximate surface area is 96.7 Å². The second kappa shape index (κ2) is 6.19. The van der Waals surface area contributed by atoms with Gasteiger partial charge < -0.3 is 14.0 Å². The highest BCUT2D eigenvalue weighted by molar-refractivity contribution is 7.46. The Morgan fingerprint density at radius 1 is 1.29 bits per heavy atom. The molecule has 9 heteroatoms. The Balaban J connectivity index is 4.48. The van der Waals surface area contributed by atoms with E-state index < -0.39 is 25.5 Å². The molecule has 0 aliphatic heterocycles. The number of methoxy groups -OCH3 is 1. The monoisotopic (exact) mass is 266 g/mol. The summed E-state index contributed by atoms with van der Waals surface area (Å²) in [6, 6.07) is 0. The van der Waals surface area contributed by atoms with Crippen LogP contribution in [0.25, 0.3) is 0 Å². The number of carbonyl (C=O) groups is 2. The second-order valence-electron chi connectivity index (χ2n) is 2.70. The SMILES string of the molecule is C=C(OC(=O)C(C)=COP(=O)(O)O)C(=O)OC. The van der Waals surface area contributed by atoms with Crippen LogP contribution in [0.5, 0.6) is 0 Å². The molecule has 0 heterocycles. The topological polar surface area (TPSA) is 119 Å². The Morgan fingerprint density at radius 3 is 2.24 bits per heavy atom. The van der Waals surface area contributed by atoms with Crippen molar-refractivity contribution in [1.82, 2.24) is 0 Å². The molecule has 0 radical (unpaired) electrons. The maximum Gasteiger partial charge on any atom is 0.524 e. The number of phosphoric acid groups is 1. The molecule has 0 saturated heterocycles. The van der Waals surface area contributed by atoms with Crippen molar-refractivity contribution in [1.29, 1.82) is 0 Å². The summed E-state index contributed by atoms with van der Waals surface area (Å²) in [4.78, 5) is 38.7. The third kappa shape index (κ3) is 6.52. The molecule has 0 aromatic heterocycles. The second-order valence-corrected chi connectivity index (χ2v) is 3.89. The quantitative estimate of drug-likeness (QED) is 0.314. The highest BCUT2D eigenvalue weighted by atomic mass is 31.2. The van der Waals surface area contributed by atoms with Gasteiger partial charge in [-0.3, -0.25) is 9.79 Å². The van der Waals surface area contributed by atoms with Crippen LogP contribution in [0.1, 0.15) is 6.92 Å². The summed E-state index contributed by atoms with van der Waals surface area (Å²) in [7, 11) is -3.65. The number of hydrogen-bond donors (Lipinski definition) is 2. The molecule has 0 saturated carbocycles. The molecular weight excluding hydrogens is 255 g/mol. The van der Waals surface area contributed by atoms with Gasteiger partial charge in [-0.2, -0.15) is 0 Å². The van der Waals surface area contributed by atoms with E-state index in [1.54, 1.807) is 0 Å². The molecular formula is C8H11O8P. The van der Waals surface area contributed by atoms with Crippen molar-refractivity contribution >= 4 is 19.8 Å². The van der Waals surface area contributed by atoms with Gasteiger partial charge in [0.15, 0.2) is 0 Å². The summed E-state index contributed by atoms with van der Waals surface area (Å²) in [5.74, 6) is -2.54. The van der Waals surface area contributed by atoms with E-state index in [1.807, 2.05) is 0 Å². The zero-order chi connectivity index (χ0) is 13.6. The Hall–Kier alpha value is -1.63. The van der Waals surface area contributed by atoms with Gasteiger partial charge in [0.1, 0.15) is 6.26 Å². The summed E-state index contributed by atoms with van der Waals surface area (Å²) in [5, 5.41) is 0. The number of hydrogen-bond acceptors (Lipinski definition) is 6. The number of carbonyl (C=O) groups excluding carboxylic acids is 2. The average Bonchev–Trinajstić information content (AvgIpc) is 2.23. The van der Waals surface area contributed by atoms with Crippen LogP contribution >= 0.6 is 7.82 Å². The maximum atomic E-state index is 11.2. The fourth-order valence-electron chi connectivity index (χ4n) is 0.544. The molecule has 17 heavy (non-hydrogen) atoms. The first kappa shape index (κ1) is 15.4. The number of ether oxygens (including phenoxy) is 2. The molecule has 0 bridgehead atoms. The van der Waals surface area contributed by atoms with Crippen molar-refractivity contribution in [3.8, 4) is 0 Å². The molecule has 0 fully saturated rings. The first-order valence-corrected chi connectivity index (χ1v) is 5.60. The van der Waals surface area contributed by atoms with Crippen LogP contribution in [0.2, 0.25) is 0 Å². The summed E-state index contributed by atoms with van der Waals surface area (Å²) >= 11 is 0. The van der Waals surface area contributed by atoms with E-state index in [4.69, 9.17) is 9.79 Å². The van der Waals surface area contributed by atoms with Crippen molar-refractivity contribution in [3.05, 3.63) is 24.2 Å². The zero-order valence-corrected chi connectivity index (χ0v) is 9.97. The molecule has 0 rings (SSSR count). The van der Waals surface area contributed by atoms with Gasteiger partial charge in [0, 0.05) is 0 Å². The van der Waals surface area contributed by atoms with Gasteiger partial charge in [0.2, 0.25) is 5.76 Å². The Bertz CT molecular complexity index is 404. The molecule has 0 aliphatic rings. The first-order valence-electron chi connectivity index (χ1n) is 4.07. The third-order valence-corrected chi connectivity index (χ3v) is 1.70. The van der Waals surface area contributed by atoms with E-state index in [1.165, 1.54) is 6.92 Å². The number of phosphoric ester groups is 1. The van der Waals surface area contributed by atoms with E-state index in [0.717, 1.165) is 7.11 Å². The Morgan fingerprint density at radius 2 is 1.82 bits per heavy atom. The highest BCUT2D eigenvalue weighted by Gasteiger charge is 2.17. The van der Waals surface area contributed by atoms with Gasteiger partial charge in [-0.15, -0.1) is 0 Å². The smallest absolute Gasteiger partial charge is 0.463 e. The van der Waals surface area contributed by atoms with Gasteiger partial charge in [-0.05, 0) is 13.5 Å². The molecule has 0 aromatic rings.